The predicted molar refractivity (Wildman–Crippen MR) is 89.3 cm³/mol. The van der Waals surface area contributed by atoms with Crippen LogP contribution in [0.3, 0.4) is 0 Å². The molecule has 0 fully saturated rings. The maximum atomic E-state index is 2.41. The van der Waals surface area contributed by atoms with Gasteiger partial charge in [-0.3, -0.25) is 0 Å². The summed E-state index contributed by atoms with van der Waals surface area (Å²) in [5.74, 6) is 0. The maximum absolute atomic E-state index is 2.41. The number of benzene rings is 2. The third-order valence-corrected chi connectivity index (χ3v) is 5.51. The van der Waals surface area contributed by atoms with Crippen LogP contribution in [0.15, 0.2) is 48.5 Å². The molecule has 1 aliphatic rings. The van der Waals surface area contributed by atoms with Crippen molar-refractivity contribution in [2.24, 2.45) is 0 Å². The average Bonchev–Trinajstić information content (AvgIpc) is 2.88. The van der Waals surface area contributed by atoms with Crippen LogP contribution < -0.4 is 9.75 Å². The zero-order valence-electron chi connectivity index (χ0n) is 11.5. The van der Waals surface area contributed by atoms with Crippen LogP contribution in [0, 0.1) is 0 Å². The second-order valence-electron chi connectivity index (χ2n) is 5.42. The number of hydrogen-bond acceptors (Lipinski definition) is 1. The monoisotopic (exact) mass is 276 g/mol. The average molecular weight is 276 g/mol. The van der Waals surface area contributed by atoms with E-state index in [1.165, 1.54) is 43.8 Å². The fourth-order valence-electron chi connectivity index (χ4n) is 3.05. The molecule has 0 nitrogen and oxygen atoms in total. The molecular weight excluding hydrogens is 260 g/mol. The Kier molecular flexibility index (Phi) is 2.75. The van der Waals surface area contributed by atoms with Crippen LogP contribution in [0.5, 0.6) is 0 Å². The minimum atomic E-state index is 1.18. The number of rotatable bonds is 1. The summed E-state index contributed by atoms with van der Waals surface area (Å²) in [5.41, 5.74) is 4.22. The third kappa shape index (κ3) is 1.74. The first-order valence-corrected chi connectivity index (χ1v) is 7.93. The van der Waals surface area contributed by atoms with Gasteiger partial charge in [0.1, 0.15) is 0 Å². The van der Waals surface area contributed by atoms with Crippen molar-refractivity contribution < 1.29 is 0 Å². The summed E-state index contributed by atoms with van der Waals surface area (Å²) in [5, 5.41) is 2.89. The summed E-state index contributed by atoms with van der Waals surface area (Å²) < 4.78 is 2.93. The van der Waals surface area contributed by atoms with Crippen LogP contribution in [-0.4, -0.2) is 0 Å². The van der Waals surface area contributed by atoms with Crippen LogP contribution in [0.1, 0.15) is 19.8 Å². The van der Waals surface area contributed by atoms with E-state index in [4.69, 9.17) is 0 Å². The molecule has 1 aliphatic carbocycles. The Morgan fingerprint density at radius 1 is 0.950 bits per heavy atom. The van der Waals surface area contributed by atoms with E-state index < -0.39 is 0 Å². The first-order valence-electron chi connectivity index (χ1n) is 7.11. The van der Waals surface area contributed by atoms with Gasteiger partial charge in [0.05, 0.1) is 0 Å². The quantitative estimate of drug-likeness (QED) is 0.621. The summed E-state index contributed by atoms with van der Waals surface area (Å²) in [4.78, 5) is 0. The van der Waals surface area contributed by atoms with Gasteiger partial charge in [0.2, 0.25) is 0 Å². The SMILES string of the molecule is CC1=c2sc3c(-c4ccccc4)cccc3c2=CCC1. The van der Waals surface area contributed by atoms with Gasteiger partial charge in [0.15, 0.2) is 0 Å². The van der Waals surface area contributed by atoms with E-state index in [-0.39, 0.29) is 0 Å². The van der Waals surface area contributed by atoms with Crippen LogP contribution in [0.2, 0.25) is 0 Å². The lowest BCUT2D eigenvalue weighted by Gasteiger charge is -2.03. The molecule has 0 bridgehead atoms. The van der Waals surface area contributed by atoms with Crippen molar-refractivity contribution in [3.63, 3.8) is 0 Å². The van der Waals surface area contributed by atoms with Gasteiger partial charge in [-0.25, -0.2) is 0 Å². The Balaban J connectivity index is 2.14. The van der Waals surface area contributed by atoms with E-state index >= 15 is 0 Å². The molecule has 0 saturated carbocycles. The van der Waals surface area contributed by atoms with E-state index in [9.17, 15) is 0 Å². The van der Waals surface area contributed by atoms with Crippen LogP contribution >= 0.6 is 11.3 Å². The Bertz CT molecular complexity index is 898. The van der Waals surface area contributed by atoms with Gasteiger partial charge in [0.25, 0.3) is 0 Å². The first kappa shape index (κ1) is 11.9. The summed E-state index contributed by atoms with van der Waals surface area (Å²) in [6.07, 6.45) is 4.80. The van der Waals surface area contributed by atoms with Crippen LogP contribution in [0.25, 0.3) is 32.9 Å². The van der Waals surface area contributed by atoms with Gasteiger partial charge in [-0.05, 0) is 36.1 Å². The number of hydrogen-bond donors (Lipinski definition) is 0. The van der Waals surface area contributed by atoms with E-state index in [2.05, 4.69) is 61.5 Å². The van der Waals surface area contributed by atoms with E-state index in [0.29, 0.717) is 0 Å². The highest BCUT2D eigenvalue weighted by molar-refractivity contribution is 7.17. The molecule has 2 aromatic carbocycles. The molecule has 0 atom stereocenters. The van der Waals surface area contributed by atoms with Crippen molar-refractivity contribution in [1.29, 1.82) is 0 Å². The maximum Gasteiger partial charge on any atom is 0.0433 e. The number of fused-ring (bicyclic) bond motifs is 3. The first-order chi connectivity index (χ1) is 9.84. The summed E-state index contributed by atoms with van der Waals surface area (Å²) in [6, 6.07) is 17.4. The topological polar surface area (TPSA) is 0 Å². The molecular formula is C19H16S. The Hall–Kier alpha value is -1.86. The zero-order chi connectivity index (χ0) is 13.5. The predicted octanol–water partition coefficient (Wildman–Crippen LogP) is 4.31. The minimum absolute atomic E-state index is 1.18. The molecule has 0 spiro atoms. The highest BCUT2D eigenvalue weighted by atomic mass is 32.1. The zero-order valence-corrected chi connectivity index (χ0v) is 12.3. The van der Waals surface area contributed by atoms with Gasteiger partial charge >= 0.3 is 0 Å². The van der Waals surface area contributed by atoms with Crippen molar-refractivity contribution in [2.45, 2.75) is 19.8 Å². The van der Waals surface area contributed by atoms with Crippen molar-refractivity contribution in [1.82, 2.24) is 0 Å². The fourth-order valence-corrected chi connectivity index (χ4v) is 4.42. The molecule has 1 aromatic heterocycles. The molecule has 20 heavy (non-hydrogen) atoms. The van der Waals surface area contributed by atoms with E-state index in [1.54, 1.807) is 5.57 Å². The lowest BCUT2D eigenvalue weighted by atomic mass is 10.0. The van der Waals surface area contributed by atoms with Crippen molar-refractivity contribution in [2.75, 3.05) is 0 Å². The normalized spacial score (nSPS) is 14.2. The Morgan fingerprint density at radius 3 is 2.65 bits per heavy atom. The lowest BCUT2D eigenvalue weighted by molar-refractivity contribution is 1.08. The minimum Gasteiger partial charge on any atom is -0.135 e. The largest absolute Gasteiger partial charge is 0.135 e. The Morgan fingerprint density at radius 2 is 1.80 bits per heavy atom. The third-order valence-electron chi connectivity index (χ3n) is 4.09. The molecule has 4 rings (SSSR count). The molecule has 98 valence electrons. The summed E-state index contributed by atoms with van der Waals surface area (Å²) in [7, 11) is 0. The van der Waals surface area contributed by atoms with Crippen molar-refractivity contribution in [3.8, 4) is 11.1 Å². The van der Waals surface area contributed by atoms with Gasteiger partial charge < -0.3 is 0 Å². The van der Waals surface area contributed by atoms with Gasteiger partial charge in [-0.15, -0.1) is 11.3 Å². The molecule has 0 N–H and O–H groups in total. The molecule has 0 radical (unpaired) electrons. The molecule has 1 heteroatoms. The molecule has 0 amide bonds. The smallest absolute Gasteiger partial charge is 0.0433 e. The fraction of sp³-hybridized carbons (Fsp3) is 0.158. The van der Waals surface area contributed by atoms with Gasteiger partial charge in [-0.2, -0.15) is 0 Å². The van der Waals surface area contributed by atoms with E-state index in [0.717, 1.165) is 0 Å². The van der Waals surface area contributed by atoms with Crippen molar-refractivity contribution >= 4 is 33.1 Å². The van der Waals surface area contributed by atoms with Gasteiger partial charge in [-0.1, -0.05) is 60.2 Å². The Labute approximate surface area is 122 Å². The van der Waals surface area contributed by atoms with E-state index in [1.807, 2.05) is 11.3 Å². The highest BCUT2D eigenvalue weighted by Gasteiger charge is 2.10. The summed E-state index contributed by atoms with van der Waals surface area (Å²) in [6.45, 7) is 2.28. The van der Waals surface area contributed by atoms with Crippen LogP contribution in [0.4, 0.5) is 0 Å². The summed E-state index contributed by atoms with van der Waals surface area (Å²) >= 11 is 1.96. The number of thiophene rings is 1. The second kappa shape index (κ2) is 4.60. The highest BCUT2D eigenvalue weighted by Crippen LogP contribution is 2.29. The molecule has 0 saturated heterocycles. The van der Waals surface area contributed by atoms with Crippen LogP contribution in [-0.2, 0) is 0 Å². The molecule has 3 aromatic rings. The van der Waals surface area contributed by atoms with Crippen molar-refractivity contribution in [3.05, 3.63) is 58.3 Å². The lowest BCUT2D eigenvalue weighted by Crippen LogP contribution is -2.23. The molecule has 1 heterocycles. The molecule has 0 aliphatic heterocycles. The second-order valence-corrected chi connectivity index (χ2v) is 6.44. The standard InChI is InChI=1S/C19H16S/c1-13-7-5-11-16-17-12-6-10-15(19(17)20-18(13)16)14-8-3-2-4-9-14/h2-4,6,8-12H,5,7H2,1H3. The van der Waals surface area contributed by atoms with Gasteiger partial charge in [0, 0.05) is 14.6 Å². The molecule has 0 unspecified atom stereocenters.